The first-order chi connectivity index (χ1) is 14.5. The standard InChI is InChI=1S/C22H17ClN2O5/c1-28-15-4-6-16(7-5-15)29-12-21(26)24-14-3-9-19-17(11-14)22(27)25-18-10-13(23)2-8-20(18)30-19/h2-11H,12H2,1H3,(H,24,26)(H,25,27). The van der Waals surface area contributed by atoms with Crippen molar-refractivity contribution < 1.29 is 23.8 Å². The molecule has 0 bridgehead atoms. The highest BCUT2D eigenvalue weighted by Crippen LogP contribution is 2.37. The summed E-state index contributed by atoms with van der Waals surface area (Å²) in [5, 5.41) is 5.95. The van der Waals surface area contributed by atoms with E-state index in [0.29, 0.717) is 39.4 Å². The van der Waals surface area contributed by atoms with Gasteiger partial charge < -0.3 is 24.8 Å². The Balaban J connectivity index is 1.44. The van der Waals surface area contributed by atoms with Crippen molar-refractivity contribution in [3.05, 3.63) is 71.2 Å². The van der Waals surface area contributed by atoms with E-state index in [0.717, 1.165) is 0 Å². The fraction of sp³-hybridized carbons (Fsp3) is 0.0909. The van der Waals surface area contributed by atoms with Gasteiger partial charge in [-0.3, -0.25) is 9.59 Å². The molecule has 2 amide bonds. The van der Waals surface area contributed by atoms with Gasteiger partial charge in [-0.05, 0) is 60.7 Å². The number of carbonyl (C=O) groups is 2. The second-order valence-electron chi connectivity index (χ2n) is 6.42. The minimum Gasteiger partial charge on any atom is -0.497 e. The summed E-state index contributed by atoms with van der Waals surface area (Å²) in [6.07, 6.45) is 0. The van der Waals surface area contributed by atoms with Gasteiger partial charge in [0.2, 0.25) is 0 Å². The molecule has 1 aliphatic rings. The molecule has 0 unspecified atom stereocenters. The van der Waals surface area contributed by atoms with Crippen LogP contribution < -0.4 is 24.8 Å². The van der Waals surface area contributed by atoms with Crippen molar-refractivity contribution in [1.82, 2.24) is 0 Å². The quantitative estimate of drug-likeness (QED) is 0.618. The lowest BCUT2D eigenvalue weighted by Gasteiger charge is -2.11. The molecule has 30 heavy (non-hydrogen) atoms. The predicted molar refractivity (Wildman–Crippen MR) is 113 cm³/mol. The van der Waals surface area contributed by atoms with Crippen molar-refractivity contribution in [1.29, 1.82) is 0 Å². The smallest absolute Gasteiger partial charge is 0.262 e. The monoisotopic (exact) mass is 424 g/mol. The topological polar surface area (TPSA) is 85.9 Å². The van der Waals surface area contributed by atoms with Gasteiger partial charge in [0.05, 0.1) is 18.4 Å². The average Bonchev–Trinajstić information content (AvgIpc) is 2.88. The fourth-order valence-electron chi connectivity index (χ4n) is 2.89. The SMILES string of the molecule is COc1ccc(OCC(=O)Nc2ccc3c(c2)C(=O)Nc2cc(Cl)ccc2O3)cc1. The lowest BCUT2D eigenvalue weighted by atomic mass is 10.1. The Hall–Kier alpha value is -3.71. The third-order valence-electron chi connectivity index (χ3n) is 4.35. The van der Waals surface area contributed by atoms with Crippen molar-refractivity contribution in [3.63, 3.8) is 0 Å². The maximum atomic E-state index is 12.6. The van der Waals surface area contributed by atoms with Crippen LogP contribution in [-0.4, -0.2) is 25.5 Å². The maximum Gasteiger partial charge on any atom is 0.262 e. The summed E-state index contributed by atoms with van der Waals surface area (Å²) in [7, 11) is 1.57. The van der Waals surface area contributed by atoms with Crippen LogP contribution >= 0.6 is 11.6 Å². The summed E-state index contributed by atoms with van der Waals surface area (Å²) >= 11 is 5.99. The molecule has 1 heterocycles. The Kier molecular flexibility index (Phi) is 5.45. The molecule has 2 N–H and O–H groups in total. The molecule has 8 heteroatoms. The van der Waals surface area contributed by atoms with Crippen molar-refractivity contribution in [3.8, 4) is 23.0 Å². The Morgan fingerprint density at radius 1 is 1.03 bits per heavy atom. The van der Waals surface area contributed by atoms with E-state index in [-0.39, 0.29) is 24.0 Å². The number of anilines is 2. The van der Waals surface area contributed by atoms with Crippen LogP contribution in [0.5, 0.6) is 23.0 Å². The van der Waals surface area contributed by atoms with Crippen molar-refractivity contribution in [2.24, 2.45) is 0 Å². The zero-order chi connectivity index (χ0) is 21.1. The fourth-order valence-corrected chi connectivity index (χ4v) is 3.06. The van der Waals surface area contributed by atoms with Gasteiger partial charge in [0.25, 0.3) is 11.8 Å². The van der Waals surface area contributed by atoms with Gasteiger partial charge in [0.15, 0.2) is 12.4 Å². The number of rotatable bonds is 5. The first-order valence-corrected chi connectivity index (χ1v) is 9.39. The van der Waals surface area contributed by atoms with Gasteiger partial charge in [0, 0.05) is 10.7 Å². The summed E-state index contributed by atoms with van der Waals surface area (Å²) in [6, 6.07) is 16.7. The molecule has 0 saturated carbocycles. The molecule has 4 rings (SSSR count). The summed E-state index contributed by atoms with van der Waals surface area (Å²) in [5.74, 6) is 1.36. The first-order valence-electron chi connectivity index (χ1n) is 9.01. The minimum atomic E-state index is -0.365. The van der Waals surface area contributed by atoms with Crippen LogP contribution in [0.3, 0.4) is 0 Å². The Morgan fingerprint density at radius 2 is 1.77 bits per heavy atom. The lowest BCUT2D eigenvalue weighted by Crippen LogP contribution is -2.20. The highest BCUT2D eigenvalue weighted by Gasteiger charge is 2.21. The summed E-state index contributed by atoms with van der Waals surface area (Å²) in [6.45, 7) is -0.184. The van der Waals surface area contributed by atoms with Crippen molar-refractivity contribution >= 4 is 34.8 Å². The van der Waals surface area contributed by atoms with Crippen LogP contribution in [0.4, 0.5) is 11.4 Å². The van der Waals surface area contributed by atoms with Crippen LogP contribution in [0.2, 0.25) is 5.02 Å². The highest BCUT2D eigenvalue weighted by molar-refractivity contribution is 6.31. The van der Waals surface area contributed by atoms with Crippen LogP contribution in [0.1, 0.15) is 10.4 Å². The zero-order valence-electron chi connectivity index (χ0n) is 15.9. The number of methoxy groups -OCH3 is 1. The Bertz CT molecular complexity index is 1120. The molecule has 3 aromatic carbocycles. The van der Waals surface area contributed by atoms with E-state index in [4.69, 9.17) is 25.8 Å². The van der Waals surface area contributed by atoms with E-state index in [1.807, 2.05) is 0 Å². The van der Waals surface area contributed by atoms with Crippen molar-refractivity contribution in [2.75, 3.05) is 24.4 Å². The number of ether oxygens (including phenoxy) is 3. The second kappa shape index (κ2) is 8.34. The zero-order valence-corrected chi connectivity index (χ0v) is 16.7. The van der Waals surface area contributed by atoms with E-state index in [1.54, 1.807) is 67.8 Å². The van der Waals surface area contributed by atoms with Crippen LogP contribution in [0.15, 0.2) is 60.7 Å². The number of amides is 2. The summed E-state index contributed by atoms with van der Waals surface area (Å²) in [5.41, 5.74) is 1.21. The number of nitrogens with one attached hydrogen (secondary N) is 2. The van der Waals surface area contributed by atoms with Gasteiger partial charge in [0.1, 0.15) is 17.2 Å². The highest BCUT2D eigenvalue weighted by atomic mass is 35.5. The first kappa shape index (κ1) is 19.6. The molecule has 152 valence electrons. The summed E-state index contributed by atoms with van der Waals surface area (Å²) < 4.78 is 16.4. The molecule has 7 nitrogen and oxygen atoms in total. The van der Waals surface area contributed by atoms with E-state index < -0.39 is 0 Å². The molecule has 0 saturated heterocycles. The maximum absolute atomic E-state index is 12.6. The largest absolute Gasteiger partial charge is 0.497 e. The molecule has 1 aliphatic heterocycles. The molecular weight excluding hydrogens is 408 g/mol. The molecule has 0 fully saturated rings. The molecule has 3 aromatic rings. The number of halogens is 1. The van der Waals surface area contributed by atoms with Crippen LogP contribution in [-0.2, 0) is 4.79 Å². The molecule has 0 spiro atoms. The third kappa shape index (κ3) is 4.31. The van der Waals surface area contributed by atoms with E-state index in [1.165, 1.54) is 0 Å². The second-order valence-corrected chi connectivity index (χ2v) is 6.86. The lowest BCUT2D eigenvalue weighted by molar-refractivity contribution is -0.118. The number of fused-ring (bicyclic) bond motifs is 2. The predicted octanol–water partition coefficient (Wildman–Crippen LogP) is 4.72. The van der Waals surface area contributed by atoms with E-state index in [9.17, 15) is 9.59 Å². The number of carbonyl (C=O) groups excluding carboxylic acids is 2. The minimum absolute atomic E-state index is 0.184. The molecule has 0 atom stereocenters. The van der Waals surface area contributed by atoms with Crippen molar-refractivity contribution in [2.45, 2.75) is 0 Å². The van der Waals surface area contributed by atoms with Gasteiger partial charge in [-0.15, -0.1) is 0 Å². The van der Waals surface area contributed by atoms with Gasteiger partial charge in [-0.1, -0.05) is 11.6 Å². The summed E-state index contributed by atoms with van der Waals surface area (Å²) in [4.78, 5) is 24.8. The van der Waals surface area contributed by atoms with E-state index >= 15 is 0 Å². The van der Waals surface area contributed by atoms with Gasteiger partial charge in [-0.25, -0.2) is 0 Å². The molecule has 0 aromatic heterocycles. The van der Waals surface area contributed by atoms with Gasteiger partial charge in [-0.2, -0.15) is 0 Å². The Labute approximate surface area is 177 Å². The Morgan fingerprint density at radius 3 is 2.53 bits per heavy atom. The van der Waals surface area contributed by atoms with Gasteiger partial charge >= 0.3 is 0 Å². The number of hydrogen-bond donors (Lipinski definition) is 2. The molecular formula is C22H17ClN2O5. The number of benzene rings is 3. The average molecular weight is 425 g/mol. The van der Waals surface area contributed by atoms with E-state index in [2.05, 4.69) is 10.6 Å². The molecule has 0 aliphatic carbocycles. The third-order valence-corrected chi connectivity index (χ3v) is 4.58. The molecule has 0 radical (unpaired) electrons. The van der Waals surface area contributed by atoms with Crippen LogP contribution in [0, 0.1) is 0 Å². The van der Waals surface area contributed by atoms with Crippen LogP contribution in [0.25, 0.3) is 0 Å². The number of hydrogen-bond acceptors (Lipinski definition) is 5. The normalized spacial score (nSPS) is 11.9.